The van der Waals surface area contributed by atoms with Gasteiger partial charge >= 0.3 is 6.03 Å². The van der Waals surface area contributed by atoms with E-state index < -0.39 is 11.6 Å². The Labute approximate surface area is 147 Å². The highest BCUT2D eigenvalue weighted by Gasteiger charge is 2.52. The third-order valence-corrected chi connectivity index (χ3v) is 5.53. The van der Waals surface area contributed by atoms with Gasteiger partial charge in [0.1, 0.15) is 12.1 Å². The van der Waals surface area contributed by atoms with Crippen molar-refractivity contribution >= 4 is 23.5 Å². The second-order valence-corrected chi connectivity index (χ2v) is 7.08. The maximum atomic E-state index is 12.8. The van der Waals surface area contributed by atoms with Crippen LogP contribution in [0.5, 0.6) is 0 Å². The first kappa shape index (κ1) is 17.4. The molecule has 1 aliphatic heterocycles. The summed E-state index contributed by atoms with van der Waals surface area (Å²) in [6, 6.07) is -0.465. The molecule has 25 heavy (non-hydrogen) atoms. The third-order valence-electron chi connectivity index (χ3n) is 5.53. The SMILES string of the molecule is CCC1CCC2(CC1)NC(=O)N(CC(=O)N(C)c1cnn(C)c1)C2=O. The van der Waals surface area contributed by atoms with Crippen molar-refractivity contribution in [1.29, 1.82) is 0 Å². The number of carbonyl (C=O) groups excluding carboxylic acids is 3. The molecule has 136 valence electrons. The molecule has 0 atom stereocenters. The molecule has 1 aromatic rings. The number of aryl methyl sites for hydroxylation is 1. The van der Waals surface area contributed by atoms with E-state index in [9.17, 15) is 14.4 Å². The molecule has 8 heteroatoms. The van der Waals surface area contributed by atoms with Gasteiger partial charge in [-0.1, -0.05) is 13.3 Å². The number of urea groups is 1. The lowest BCUT2D eigenvalue weighted by Gasteiger charge is -2.34. The highest BCUT2D eigenvalue weighted by molar-refractivity contribution is 6.10. The Morgan fingerprint density at radius 1 is 1.40 bits per heavy atom. The summed E-state index contributed by atoms with van der Waals surface area (Å²) in [5.74, 6) is 0.0264. The maximum Gasteiger partial charge on any atom is 0.325 e. The van der Waals surface area contributed by atoms with Gasteiger partial charge < -0.3 is 10.2 Å². The number of nitrogens with one attached hydrogen (secondary N) is 1. The quantitative estimate of drug-likeness (QED) is 0.831. The van der Waals surface area contributed by atoms with Crippen LogP contribution >= 0.6 is 0 Å². The molecule has 1 spiro atoms. The molecular formula is C17H25N5O3. The first-order valence-corrected chi connectivity index (χ1v) is 8.75. The average Bonchev–Trinajstić information content (AvgIpc) is 3.12. The van der Waals surface area contributed by atoms with Crippen molar-refractivity contribution in [2.45, 2.75) is 44.6 Å². The number of hydrogen-bond donors (Lipinski definition) is 1. The van der Waals surface area contributed by atoms with Crippen LogP contribution < -0.4 is 10.2 Å². The maximum absolute atomic E-state index is 12.8. The average molecular weight is 347 g/mol. The van der Waals surface area contributed by atoms with Crippen LogP contribution in [0.25, 0.3) is 0 Å². The standard InChI is InChI=1S/C17H25N5O3/c1-4-12-5-7-17(8-6-12)15(24)22(16(25)19-17)11-14(23)21(3)13-9-18-20(2)10-13/h9-10,12H,4-8,11H2,1-3H3,(H,19,25). The van der Waals surface area contributed by atoms with Crippen LogP contribution in [0.2, 0.25) is 0 Å². The molecule has 0 bridgehead atoms. The van der Waals surface area contributed by atoms with Gasteiger partial charge in [-0.3, -0.25) is 19.2 Å². The van der Waals surface area contributed by atoms with Crippen LogP contribution in [0.3, 0.4) is 0 Å². The first-order chi connectivity index (χ1) is 11.9. The number of imide groups is 1. The molecule has 0 aromatic carbocycles. The Bertz CT molecular complexity index is 690. The molecule has 3 rings (SSSR count). The van der Waals surface area contributed by atoms with Crippen molar-refractivity contribution < 1.29 is 14.4 Å². The van der Waals surface area contributed by atoms with Crippen LogP contribution in [-0.2, 0) is 16.6 Å². The van der Waals surface area contributed by atoms with E-state index in [1.165, 1.54) is 4.90 Å². The van der Waals surface area contributed by atoms with Gasteiger partial charge in [-0.15, -0.1) is 0 Å². The van der Waals surface area contributed by atoms with Crippen molar-refractivity contribution in [1.82, 2.24) is 20.0 Å². The van der Waals surface area contributed by atoms with Gasteiger partial charge in [0.15, 0.2) is 0 Å². The second kappa shape index (κ2) is 6.50. The summed E-state index contributed by atoms with van der Waals surface area (Å²) in [5, 5.41) is 6.88. The van der Waals surface area contributed by atoms with Crippen LogP contribution in [0.1, 0.15) is 39.0 Å². The van der Waals surface area contributed by atoms with Gasteiger partial charge in [0.2, 0.25) is 5.91 Å². The van der Waals surface area contributed by atoms with Crippen LogP contribution in [-0.4, -0.2) is 51.7 Å². The Balaban J connectivity index is 1.68. The number of amides is 4. The van der Waals surface area contributed by atoms with Crippen LogP contribution in [0, 0.1) is 5.92 Å². The van der Waals surface area contributed by atoms with E-state index in [4.69, 9.17) is 0 Å². The van der Waals surface area contributed by atoms with Crippen molar-refractivity contribution in [3.8, 4) is 0 Å². The van der Waals surface area contributed by atoms with Crippen molar-refractivity contribution in [2.75, 3.05) is 18.5 Å². The van der Waals surface area contributed by atoms with Crippen molar-refractivity contribution in [3.05, 3.63) is 12.4 Å². The van der Waals surface area contributed by atoms with Crippen LogP contribution in [0.4, 0.5) is 10.5 Å². The molecule has 1 saturated heterocycles. The smallest absolute Gasteiger partial charge is 0.323 e. The van der Waals surface area contributed by atoms with E-state index in [0.29, 0.717) is 24.4 Å². The minimum atomic E-state index is -0.810. The summed E-state index contributed by atoms with van der Waals surface area (Å²) in [6.07, 6.45) is 7.53. The van der Waals surface area contributed by atoms with Gasteiger partial charge in [0.05, 0.1) is 11.9 Å². The summed E-state index contributed by atoms with van der Waals surface area (Å²) < 4.78 is 1.59. The van der Waals surface area contributed by atoms with Crippen LogP contribution in [0.15, 0.2) is 12.4 Å². The predicted molar refractivity (Wildman–Crippen MR) is 91.8 cm³/mol. The molecule has 1 N–H and O–H groups in total. The molecule has 4 amide bonds. The molecule has 0 radical (unpaired) electrons. The van der Waals surface area contributed by atoms with E-state index in [0.717, 1.165) is 24.2 Å². The molecule has 2 fully saturated rings. The molecule has 1 aromatic heterocycles. The summed E-state index contributed by atoms with van der Waals surface area (Å²) in [6.45, 7) is 1.89. The molecule has 2 heterocycles. The normalized spacial score (nSPS) is 26.2. The Morgan fingerprint density at radius 3 is 2.64 bits per heavy atom. The fourth-order valence-electron chi connectivity index (χ4n) is 3.70. The summed E-state index contributed by atoms with van der Waals surface area (Å²) in [5.41, 5.74) is -0.187. The van der Waals surface area contributed by atoms with Crippen molar-refractivity contribution in [3.63, 3.8) is 0 Å². The Kier molecular flexibility index (Phi) is 4.53. The topological polar surface area (TPSA) is 87.5 Å². The number of aromatic nitrogens is 2. The molecule has 1 saturated carbocycles. The fraction of sp³-hybridized carbons (Fsp3) is 0.647. The van der Waals surface area contributed by atoms with E-state index in [1.807, 2.05) is 0 Å². The Hall–Kier alpha value is -2.38. The lowest BCUT2D eigenvalue weighted by molar-refractivity contribution is -0.135. The fourth-order valence-corrected chi connectivity index (χ4v) is 3.70. The summed E-state index contributed by atoms with van der Waals surface area (Å²) >= 11 is 0. The van der Waals surface area contributed by atoms with E-state index in [-0.39, 0.29) is 18.4 Å². The van der Waals surface area contributed by atoms with E-state index in [1.54, 1.807) is 31.2 Å². The largest absolute Gasteiger partial charge is 0.325 e. The molecular weight excluding hydrogens is 322 g/mol. The molecule has 8 nitrogen and oxygen atoms in total. The van der Waals surface area contributed by atoms with E-state index >= 15 is 0 Å². The molecule has 0 unspecified atom stereocenters. The number of carbonyl (C=O) groups is 3. The first-order valence-electron chi connectivity index (χ1n) is 8.75. The summed E-state index contributed by atoms with van der Waals surface area (Å²) in [4.78, 5) is 40.1. The third kappa shape index (κ3) is 3.12. The molecule has 2 aliphatic rings. The zero-order valence-corrected chi connectivity index (χ0v) is 15.0. The minimum Gasteiger partial charge on any atom is -0.323 e. The molecule has 1 aliphatic carbocycles. The summed E-state index contributed by atoms with van der Waals surface area (Å²) in [7, 11) is 3.37. The zero-order valence-electron chi connectivity index (χ0n) is 15.0. The van der Waals surface area contributed by atoms with Gasteiger partial charge in [0, 0.05) is 20.3 Å². The number of likely N-dealkylation sites (N-methyl/N-ethyl adjacent to an activating group) is 1. The van der Waals surface area contributed by atoms with Gasteiger partial charge in [0.25, 0.3) is 5.91 Å². The lowest BCUT2D eigenvalue weighted by atomic mass is 9.75. The number of rotatable bonds is 4. The Morgan fingerprint density at radius 2 is 2.08 bits per heavy atom. The lowest BCUT2D eigenvalue weighted by Crippen LogP contribution is -2.50. The minimum absolute atomic E-state index is 0.255. The van der Waals surface area contributed by atoms with Gasteiger partial charge in [-0.25, -0.2) is 4.79 Å². The number of hydrogen-bond acceptors (Lipinski definition) is 4. The zero-order chi connectivity index (χ0) is 18.2. The second-order valence-electron chi connectivity index (χ2n) is 7.08. The van der Waals surface area contributed by atoms with Gasteiger partial charge in [-0.05, 0) is 31.6 Å². The number of anilines is 1. The van der Waals surface area contributed by atoms with E-state index in [2.05, 4.69) is 17.3 Å². The monoisotopic (exact) mass is 347 g/mol. The van der Waals surface area contributed by atoms with Crippen molar-refractivity contribution in [2.24, 2.45) is 13.0 Å². The number of nitrogens with zero attached hydrogens (tertiary/aromatic N) is 4. The highest BCUT2D eigenvalue weighted by Crippen LogP contribution is 2.37. The highest BCUT2D eigenvalue weighted by atomic mass is 16.2. The predicted octanol–water partition coefficient (Wildman–Crippen LogP) is 1.27. The van der Waals surface area contributed by atoms with Gasteiger partial charge in [-0.2, -0.15) is 5.10 Å².